The highest BCUT2D eigenvalue weighted by Crippen LogP contribution is 2.16. The summed E-state index contributed by atoms with van der Waals surface area (Å²) < 4.78 is 6.51. The Morgan fingerprint density at radius 1 is 1.08 bits per heavy atom. The maximum absolute atomic E-state index is 12.0. The topological polar surface area (TPSA) is 57.0 Å². The van der Waals surface area contributed by atoms with E-state index in [0.717, 1.165) is 16.8 Å². The van der Waals surface area contributed by atoms with Crippen molar-refractivity contribution in [3.63, 3.8) is 0 Å². The second-order valence-corrected chi connectivity index (χ2v) is 5.24. The van der Waals surface area contributed by atoms with Crippen LogP contribution in [0.1, 0.15) is 5.56 Å². The second-order valence-electron chi connectivity index (χ2n) is 5.24. The molecule has 0 fully saturated rings. The minimum atomic E-state index is -0.379. The van der Waals surface area contributed by atoms with Crippen LogP contribution in [0.3, 0.4) is 0 Å². The molecule has 1 heterocycles. The predicted molar refractivity (Wildman–Crippen MR) is 91.9 cm³/mol. The van der Waals surface area contributed by atoms with Gasteiger partial charge in [0.15, 0.2) is 0 Å². The Bertz CT molecular complexity index is 839. The fourth-order valence-corrected chi connectivity index (χ4v) is 2.34. The van der Waals surface area contributed by atoms with Crippen LogP contribution in [-0.2, 0) is 16.1 Å². The maximum Gasteiger partial charge on any atom is 0.335 e. The molecule has 0 aliphatic heterocycles. The third-order valence-electron chi connectivity index (χ3n) is 3.53. The minimum Gasteiger partial charge on any atom is -0.466 e. The lowest BCUT2D eigenvalue weighted by Gasteiger charge is -2.05. The van der Waals surface area contributed by atoms with Crippen LogP contribution in [0, 0.1) is 0 Å². The van der Waals surface area contributed by atoms with E-state index in [4.69, 9.17) is 4.74 Å². The molecule has 0 radical (unpaired) electrons. The van der Waals surface area contributed by atoms with Crippen LogP contribution in [0.25, 0.3) is 17.3 Å². The summed E-state index contributed by atoms with van der Waals surface area (Å²) in [6, 6.07) is 19.4. The smallest absolute Gasteiger partial charge is 0.335 e. The van der Waals surface area contributed by atoms with Crippen LogP contribution in [0.15, 0.2) is 72.4 Å². The molecule has 0 unspecified atom stereocenters. The van der Waals surface area contributed by atoms with Crippen molar-refractivity contribution >= 4 is 12.0 Å². The van der Waals surface area contributed by atoms with Crippen molar-refractivity contribution in [2.75, 3.05) is 7.11 Å². The summed E-state index contributed by atoms with van der Waals surface area (Å²) in [6.45, 7) is 0.293. The van der Waals surface area contributed by atoms with Gasteiger partial charge in [-0.1, -0.05) is 65.9 Å². The lowest BCUT2D eigenvalue weighted by molar-refractivity contribution is -0.136. The summed E-state index contributed by atoms with van der Waals surface area (Å²) in [5.41, 5.74) is 3.18. The number of benzene rings is 2. The van der Waals surface area contributed by atoms with E-state index < -0.39 is 0 Å². The number of ether oxygens (including phenoxy) is 1. The first-order valence-electron chi connectivity index (χ1n) is 7.56. The lowest BCUT2D eigenvalue weighted by Crippen LogP contribution is -2.12. The van der Waals surface area contributed by atoms with E-state index in [-0.39, 0.29) is 5.97 Å². The summed E-state index contributed by atoms with van der Waals surface area (Å²) in [5, 5.41) is 8.27. The van der Waals surface area contributed by atoms with Crippen LogP contribution in [0.4, 0.5) is 0 Å². The minimum absolute atomic E-state index is 0.293. The highest BCUT2D eigenvalue weighted by molar-refractivity contribution is 5.93. The molecule has 0 atom stereocenters. The number of hydrogen-bond donors (Lipinski definition) is 0. The zero-order chi connectivity index (χ0) is 16.8. The Labute approximate surface area is 140 Å². The Morgan fingerprint density at radius 3 is 2.42 bits per heavy atom. The zero-order valence-corrected chi connectivity index (χ0v) is 13.3. The van der Waals surface area contributed by atoms with Crippen molar-refractivity contribution < 1.29 is 9.53 Å². The average Bonchev–Trinajstić information content (AvgIpc) is 3.11. The van der Waals surface area contributed by atoms with Gasteiger partial charge >= 0.3 is 5.97 Å². The van der Waals surface area contributed by atoms with Gasteiger partial charge in [-0.15, -0.1) is 5.10 Å². The Hall–Kier alpha value is -3.21. The normalized spacial score (nSPS) is 11.3. The number of rotatable bonds is 5. The molecule has 5 nitrogen and oxygen atoms in total. The number of esters is 1. The van der Waals surface area contributed by atoms with Crippen molar-refractivity contribution in [1.29, 1.82) is 0 Å². The molecule has 3 rings (SSSR count). The SMILES string of the molecule is COC(=O)/C(=C\c1ccccc1)Cn1cc(-c2ccccc2)nn1. The van der Waals surface area contributed by atoms with Gasteiger partial charge in [0.05, 0.1) is 25.4 Å². The molecule has 1 aromatic heterocycles. The molecule has 120 valence electrons. The lowest BCUT2D eigenvalue weighted by atomic mass is 10.1. The van der Waals surface area contributed by atoms with Gasteiger partial charge in [0.1, 0.15) is 5.69 Å². The molecule has 0 N–H and O–H groups in total. The van der Waals surface area contributed by atoms with E-state index >= 15 is 0 Å². The molecule has 24 heavy (non-hydrogen) atoms. The van der Waals surface area contributed by atoms with E-state index in [0.29, 0.717) is 12.1 Å². The number of carbonyl (C=O) groups excluding carboxylic acids is 1. The fraction of sp³-hybridized carbons (Fsp3) is 0.105. The molecule has 0 saturated heterocycles. The van der Waals surface area contributed by atoms with Crippen LogP contribution in [-0.4, -0.2) is 28.1 Å². The molecule has 0 aliphatic rings. The molecule has 5 heteroatoms. The number of hydrogen-bond acceptors (Lipinski definition) is 4. The molecule has 0 aliphatic carbocycles. The van der Waals surface area contributed by atoms with Gasteiger partial charge in [-0.05, 0) is 11.6 Å². The van der Waals surface area contributed by atoms with Crippen molar-refractivity contribution in [1.82, 2.24) is 15.0 Å². The van der Waals surface area contributed by atoms with E-state index in [2.05, 4.69) is 10.3 Å². The van der Waals surface area contributed by atoms with Gasteiger partial charge < -0.3 is 4.74 Å². The van der Waals surface area contributed by atoms with Crippen molar-refractivity contribution in [2.45, 2.75) is 6.54 Å². The van der Waals surface area contributed by atoms with E-state index in [1.54, 1.807) is 10.8 Å². The second kappa shape index (κ2) is 7.37. The first-order chi connectivity index (χ1) is 11.8. The number of nitrogens with zero attached hydrogens (tertiary/aromatic N) is 3. The molecule has 0 spiro atoms. The highest BCUT2D eigenvalue weighted by atomic mass is 16.5. The van der Waals surface area contributed by atoms with E-state index in [9.17, 15) is 4.79 Å². The van der Waals surface area contributed by atoms with Crippen LogP contribution >= 0.6 is 0 Å². The zero-order valence-electron chi connectivity index (χ0n) is 13.3. The van der Waals surface area contributed by atoms with Gasteiger partial charge in [-0.3, -0.25) is 0 Å². The van der Waals surface area contributed by atoms with Crippen molar-refractivity contribution in [2.24, 2.45) is 0 Å². The van der Waals surface area contributed by atoms with Gasteiger partial charge in [-0.2, -0.15) is 0 Å². The maximum atomic E-state index is 12.0. The molecule has 0 saturated carbocycles. The van der Waals surface area contributed by atoms with Gasteiger partial charge in [0.2, 0.25) is 0 Å². The standard InChI is InChI=1S/C19H17N3O2/c1-24-19(23)17(12-15-8-4-2-5-9-15)13-22-14-18(20-21-22)16-10-6-3-7-11-16/h2-12,14H,13H2,1H3/b17-12-. The number of aromatic nitrogens is 3. The number of methoxy groups -OCH3 is 1. The quantitative estimate of drug-likeness (QED) is 0.535. The number of carbonyl (C=O) groups is 1. The molecule has 0 amide bonds. The third kappa shape index (κ3) is 3.76. The van der Waals surface area contributed by atoms with Crippen molar-refractivity contribution in [3.8, 4) is 11.3 Å². The van der Waals surface area contributed by atoms with Crippen LogP contribution in [0.2, 0.25) is 0 Å². The van der Waals surface area contributed by atoms with Gasteiger partial charge in [-0.25, -0.2) is 9.48 Å². The molecule has 3 aromatic rings. The first-order valence-corrected chi connectivity index (χ1v) is 7.56. The summed E-state index contributed by atoms with van der Waals surface area (Å²) in [6.07, 6.45) is 3.62. The first kappa shape index (κ1) is 15.7. The fourth-order valence-electron chi connectivity index (χ4n) is 2.34. The van der Waals surface area contributed by atoms with Crippen LogP contribution < -0.4 is 0 Å². The predicted octanol–water partition coefficient (Wildman–Crippen LogP) is 3.20. The largest absolute Gasteiger partial charge is 0.466 e. The molecule has 2 aromatic carbocycles. The highest BCUT2D eigenvalue weighted by Gasteiger charge is 2.12. The molecular formula is C19H17N3O2. The summed E-state index contributed by atoms with van der Waals surface area (Å²) in [7, 11) is 1.37. The molecular weight excluding hydrogens is 302 g/mol. The monoisotopic (exact) mass is 319 g/mol. The summed E-state index contributed by atoms with van der Waals surface area (Å²) in [5.74, 6) is -0.379. The Balaban J connectivity index is 1.85. The Morgan fingerprint density at radius 2 is 1.75 bits per heavy atom. The Kier molecular flexibility index (Phi) is 4.81. The molecule has 0 bridgehead atoms. The van der Waals surface area contributed by atoms with Crippen LogP contribution in [0.5, 0.6) is 0 Å². The van der Waals surface area contributed by atoms with Gasteiger partial charge in [0.25, 0.3) is 0 Å². The summed E-state index contributed by atoms with van der Waals surface area (Å²) in [4.78, 5) is 12.0. The van der Waals surface area contributed by atoms with Gasteiger partial charge in [0, 0.05) is 5.56 Å². The summed E-state index contributed by atoms with van der Waals surface area (Å²) >= 11 is 0. The average molecular weight is 319 g/mol. The van der Waals surface area contributed by atoms with E-state index in [1.165, 1.54) is 7.11 Å². The van der Waals surface area contributed by atoms with E-state index in [1.807, 2.05) is 66.9 Å². The third-order valence-corrected chi connectivity index (χ3v) is 3.53. The van der Waals surface area contributed by atoms with Crippen molar-refractivity contribution in [3.05, 3.63) is 78.0 Å².